The molecule has 2 aromatic carbocycles. The molecule has 2 aromatic rings. The minimum Gasteiger partial charge on any atom is -0.457 e. The van der Waals surface area contributed by atoms with Crippen LogP contribution in [0.4, 0.5) is 4.39 Å². The standard InChI is InChI=1S/C17H17ClFNO/c1-11-2-5-14(19)9-16(11)21-17-8-13(18)4-3-12(17)10-20-15-6-7-15/h2-5,8-9,15,20H,6-7,10H2,1H3. The van der Waals surface area contributed by atoms with Crippen LogP contribution in [0.25, 0.3) is 0 Å². The van der Waals surface area contributed by atoms with Crippen LogP contribution in [-0.2, 0) is 6.54 Å². The molecule has 0 amide bonds. The molecule has 0 atom stereocenters. The minimum absolute atomic E-state index is 0.310. The highest BCUT2D eigenvalue weighted by Crippen LogP contribution is 2.31. The normalized spacial score (nSPS) is 14.2. The van der Waals surface area contributed by atoms with Gasteiger partial charge in [-0.1, -0.05) is 23.7 Å². The lowest BCUT2D eigenvalue weighted by atomic mass is 10.2. The first-order valence-corrected chi connectivity index (χ1v) is 7.45. The van der Waals surface area contributed by atoms with Crippen LogP contribution in [-0.4, -0.2) is 6.04 Å². The molecular weight excluding hydrogens is 289 g/mol. The summed E-state index contributed by atoms with van der Waals surface area (Å²) in [4.78, 5) is 0. The average molecular weight is 306 g/mol. The largest absolute Gasteiger partial charge is 0.457 e. The van der Waals surface area contributed by atoms with Crippen molar-refractivity contribution >= 4 is 11.6 Å². The fourth-order valence-electron chi connectivity index (χ4n) is 2.11. The molecule has 21 heavy (non-hydrogen) atoms. The van der Waals surface area contributed by atoms with Crippen molar-refractivity contribution in [3.8, 4) is 11.5 Å². The quantitative estimate of drug-likeness (QED) is 0.854. The van der Waals surface area contributed by atoms with Crippen molar-refractivity contribution < 1.29 is 9.13 Å². The van der Waals surface area contributed by atoms with E-state index in [-0.39, 0.29) is 5.82 Å². The maximum atomic E-state index is 13.4. The number of hydrogen-bond acceptors (Lipinski definition) is 2. The molecule has 0 unspecified atom stereocenters. The number of rotatable bonds is 5. The van der Waals surface area contributed by atoms with E-state index in [0.717, 1.165) is 17.7 Å². The predicted octanol–water partition coefficient (Wildman–Crippen LogP) is 4.83. The van der Waals surface area contributed by atoms with Crippen molar-refractivity contribution in [3.05, 3.63) is 58.4 Å². The fourth-order valence-corrected chi connectivity index (χ4v) is 2.28. The van der Waals surface area contributed by atoms with E-state index in [4.69, 9.17) is 16.3 Å². The summed E-state index contributed by atoms with van der Waals surface area (Å²) < 4.78 is 19.3. The van der Waals surface area contributed by atoms with E-state index >= 15 is 0 Å². The van der Waals surface area contributed by atoms with Crippen LogP contribution in [0.2, 0.25) is 5.02 Å². The van der Waals surface area contributed by atoms with Gasteiger partial charge in [-0.25, -0.2) is 4.39 Å². The van der Waals surface area contributed by atoms with Crippen LogP contribution in [0, 0.1) is 12.7 Å². The monoisotopic (exact) mass is 305 g/mol. The van der Waals surface area contributed by atoms with Gasteiger partial charge in [0.2, 0.25) is 0 Å². The lowest BCUT2D eigenvalue weighted by molar-refractivity contribution is 0.464. The lowest BCUT2D eigenvalue weighted by Crippen LogP contribution is -2.15. The summed E-state index contributed by atoms with van der Waals surface area (Å²) in [6.45, 7) is 2.62. The van der Waals surface area contributed by atoms with E-state index < -0.39 is 0 Å². The van der Waals surface area contributed by atoms with Gasteiger partial charge < -0.3 is 10.1 Å². The molecular formula is C17H17ClFNO. The van der Waals surface area contributed by atoms with Crippen molar-refractivity contribution in [2.24, 2.45) is 0 Å². The molecule has 0 saturated heterocycles. The smallest absolute Gasteiger partial charge is 0.133 e. The number of nitrogens with one attached hydrogen (secondary N) is 1. The molecule has 1 fully saturated rings. The Morgan fingerprint density at radius 2 is 2.00 bits per heavy atom. The van der Waals surface area contributed by atoms with E-state index in [1.165, 1.54) is 25.0 Å². The molecule has 1 N–H and O–H groups in total. The molecule has 2 nitrogen and oxygen atoms in total. The van der Waals surface area contributed by atoms with Gasteiger partial charge in [-0.2, -0.15) is 0 Å². The van der Waals surface area contributed by atoms with Crippen molar-refractivity contribution in [3.63, 3.8) is 0 Å². The van der Waals surface area contributed by atoms with Gasteiger partial charge in [-0.15, -0.1) is 0 Å². The Morgan fingerprint density at radius 3 is 2.76 bits per heavy atom. The zero-order valence-electron chi connectivity index (χ0n) is 11.8. The van der Waals surface area contributed by atoms with Gasteiger partial charge in [0.1, 0.15) is 17.3 Å². The lowest BCUT2D eigenvalue weighted by Gasteiger charge is -2.14. The molecule has 1 aliphatic carbocycles. The number of hydrogen-bond donors (Lipinski definition) is 1. The summed E-state index contributed by atoms with van der Waals surface area (Å²) in [5.74, 6) is 0.879. The molecule has 0 bridgehead atoms. The molecule has 0 aromatic heterocycles. The van der Waals surface area contributed by atoms with E-state index in [2.05, 4.69) is 5.32 Å². The Hall–Kier alpha value is -1.58. The Kier molecular flexibility index (Phi) is 4.13. The van der Waals surface area contributed by atoms with E-state index in [1.54, 1.807) is 12.1 Å². The minimum atomic E-state index is -0.310. The van der Waals surface area contributed by atoms with Crippen molar-refractivity contribution in [1.29, 1.82) is 0 Å². The van der Waals surface area contributed by atoms with E-state index in [9.17, 15) is 4.39 Å². The summed E-state index contributed by atoms with van der Waals surface area (Å²) in [5, 5.41) is 4.05. The number of ether oxygens (including phenoxy) is 1. The molecule has 3 rings (SSSR count). The highest BCUT2D eigenvalue weighted by Gasteiger charge is 2.20. The van der Waals surface area contributed by atoms with Crippen LogP contribution >= 0.6 is 11.6 Å². The second-order valence-electron chi connectivity index (χ2n) is 5.42. The molecule has 0 heterocycles. The molecule has 0 spiro atoms. The predicted molar refractivity (Wildman–Crippen MR) is 82.5 cm³/mol. The first-order valence-electron chi connectivity index (χ1n) is 7.07. The van der Waals surface area contributed by atoms with E-state index in [0.29, 0.717) is 22.6 Å². The van der Waals surface area contributed by atoms with Gasteiger partial charge in [0.25, 0.3) is 0 Å². The van der Waals surface area contributed by atoms with Crippen molar-refractivity contribution in [2.45, 2.75) is 32.4 Å². The van der Waals surface area contributed by atoms with Crippen LogP contribution in [0.3, 0.4) is 0 Å². The van der Waals surface area contributed by atoms with Gasteiger partial charge in [-0.05, 0) is 43.5 Å². The highest BCUT2D eigenvalue weighted by molar-refractivity contribution is 6.30. The maximum Gasteiger partial charge on any atom is 0.133 e. The van der Waals surface area contributed by atoms with E-state index in [1.807, 2.05) is 19.1 Å². The van der Waals surface area contributed by atoms with Crippen LogP contribution in [0.1, 0.15) is 24.0 Å². The Bertz CT molecular complexity index is 655. The number of benzene rings is 2. The fraction of sp³-hybridized carbons (Fsp3) is 0.294. The Morgan fingerprint density at radius 1 is 1.19 bits per heavy atom. The zero-order chi connectivity index (χ0) is 14.8. The third-order valence-corrected chi connectivity index (χ3v) is 3.79. The topological polar surface area (TPSA) is 21.3 Å². The summed E-state index contributed by atoms with van der Waals surface area (Å²) in [5.41, 5.74) is 1.91. The molecule has 110 valence electrons. The van der Waals surface area contributed by atoms with Crippen molar-refractivity contribution in [2.75, 3.05) is 0 Å². The average Bonchev–Trinajstić information content (AvgIpc) is 3.26. The second-order valence-corrected chi connectivity index (χ2v) is 5.86. The SMILES string of the molecule is Cc1ccc(F)cc1Oc1cc(Cl)ccc1CNC1CC1. The third kappa shape index (κ3) is 3.74. The second kappa shape index (κ2) is 6.04. The molecule has 1 saturated carbocycles. The molecule has 0 aliphatic heterocycles. The van der Waals surface area contributed by atoms with Crippen LogP contribution in [0.15, 0.2) is 36.4 Å². The molecule has 1 aliphatic rings. The van der Waals surface area contributed by atoms with Gasteiger partial charge in [0, 0.05) is 29.2 Å². The van der Waals surface area contributed by atoms with Gasteiger partial charge in [0.05, 0.1) is 0 Å². The summed E-state index contributed by atoms with van der Waals surface area (Å²) >= 11 is 6.05. The summed E-state index contributed by atoms with van der Waals surface area (Å²) in [6, 6.07) is 10.7. The van der Waals surface area contributed by atoms with Crippen molar-refractivity contribution in [1.82, 2.24) is 5.32 Å². The Balaban J connectivity index is 1.85. The van der Waals surface area contributed by atoms with Crippen LogP contribution in [0.5, 0.6) is 11.5 Å². The maximum absolute atomic E-state index is 13.4. The van der Waals surface area contributed by atoms with Gasteiger partial charge in [0.15, 0.2) is 0 Å². The highest BCUT2D eigenvalue weighted by atomic mass is 35.5. The van der Waals surface area contributed by atoms with Gasteiger partial charge in [-0.3, -0.25) is 0 Å². The first kappa shape index (κ1) is 14.4. The number of halogens is 2. The Labute approximate surface area is 128 Å². The third-order valence-electron chi connectivity index (χ3n) is 3.56. The van der Waals surface area contributed by atoms with Crippen LogP contribution < -0.4 is 10.1 Å². The summed E-state index contributed by atoms with van der Waals surface area (Å²) in [6.07, 6.45) is 2.46. The molecule has 4 heteroatoms. The molecule has 0 radical (unpaired) electrons. The number of aryl methyl sites for hydroxylation is 1. The van der Waals surface area contributed by atoms with Gasteiger partial charge >= 0.3 is 0 Å². The first-order chi connectivity index (χ1) is 10.1. The summed E-state index contributed by atoms with van der Waals surface area (Å²) in [7, 11) is 0. The zero-order valence-corrected chi connectivity index (χ0v) is 12.6.